The van der Waals surface area contributed by atoms with Crippen molar-refractivity contribution in [2.24, 2.45) is 5.92 Å². The first kappa shape index (κ1) is 17.8. The zero-order valence-electron chi connectivity index (χ0n) is 15.7. The fourth-order valence-electron chi connectivity index (χ4n) is 4.46. The van der Waals surface area contributed by atoms with E-state index in [-0.39, 0.29) is 29.6 Å². The van der Waals surface area contributed by atoms with Gasteiger partial charge in [0.15, 0.2) is 0 Å². The van der Waals surface area contributed by atoms with Crippen LogP contribution in [-0.4, -0.2) is 54.0 Å². The lowest BCUT2D eigenvalue weighted by atomic mass is 9.85. The molecule has 6 heteroatoms. The Bertz CT molecular complexity index is 828. The molecule has 3 aliphatic heterocycles. The predicted molar refractivity (Wildman–Crippen MR) is 103 cm³/mol. The molecular formula is C21H25N3O3. The Hall–Kier alpha value is -2.60. The minimum atomic E-state index is -0.0242. The van der Waals surface area contributed by atoms with Gasteiger partial charge in [-0.05, 0) is 49.9 Å². The summed E-state index contributed by atoms with van der Waals surface area (Å²) in [6.45, 7) is 3.48. The molecule has 0 aliphatic carbocycles. The number of rotatable bonds is 4. The molecule has 0 aromatic heterocycles. The summed E-state index contributed by atoms with van der Waals surface area (Å²) in [6, 6.07) is 6.96. The molecule has 0 bridgehead atoms. The number of anilines is 1. The van der Waals surface area contributed by atoms with Crippen molar-refractivity contribution in [1.82, 2.24) is 10.2 Å². The number of carbonyl (C=O) groups is 2. The number of likely N-dealkylation sites (tertiary alicyclic amines) is 1. The maximum absolute atomic E-state index is 12.8. The second kappa shape index (κ2) is 6.85. The molecule has 3 unspecified atom stereocenters. The number of fused-ring (bicyclic) bond motifs is 1. The van der Waals surface area contributed by atoms with Gasteiger partial charge in [0.05, 0.1) is 6.04 Å². The third kappa shape index (κ3) is 3.04. The number of amides is 2. The smallest absolute Gasteiger partial charge is 0.254 e. The number of likely N-dealkylation sites (N-methyl/N-ethyl adjacent to an activating group) is 1. The largest absolute Gasteiger partial charge is 0.508 e. The quantitative estimate of drug-likeness (QED) is 0.629. The summed E-state index contributed by atoms with van der Waals surface area (Å²) in [5.74, 6) is 0.780. The molecular weight excluding hydrogens is 342 g/mol. The van der Waals surface area contributed by atoms with Crippen molar-refractivity contribution in [2.75, 3.05) is 25.0 Å². The average Bonchev–Trinajstić information content (AvgIpc) is 3.23. The molecule has 142 valence electrons. The highest BCUT2D eigenvalue weighted by Crippen LogP contribution is 2.35. The number of aromatic hydroxyl groups is 1. The highest BCUT2D eigenvalue weighted by atomic mass is 16.3. The molecule has 3 atom stereocenters. The number of phenols is 1. The van der Waals surface area contributed by atoms with Crippen LogP contribution in [0.25, 0.3) is 0 Å². The fraction of sp³-hybridized carbons (Fsp3) is 0.429. The average molecular weight is 367 g/mol. The SMILES string of the molecule is C/C=C(\C=C1/CCN(c2ccc(O)cc2)C1=O)CC1CNC2C(=O)N(C)C12. The minimum Gasteiger partial charge on any atom is -0.508 e. The van der Waals surface area contributed by atoms with E-state index in [0.29, 0.717) is 18.9 Å². The maximum atomic E-state index is 12.8. The molecule has 3 heterocycles. The molecule has 2 N–H and O–H groups in total. The van der Waals surface area contributed by atoms with Gasteiger partial charge in [-0.2, -0.15) is 0 Å². The van der Waals surface area contributed by atoms with E-state index in [4.69, 9.17) is 0 Å². The van der Waals surface area contributed by atoms with Gasteiger partial charge in [-0.15, -0.1) is 0 Å². The zero-order valence-corrected chi connectivity index (χ0v) is 15.7. The second-order valence-corrected chi connectivity index (χ2v) is 7.55. The van der Waals surface area contributed by atoms with Gasteiger partial charge in [0.1, 0.15) is 11.8 Å². The van der Waals surface area contributed by atoms with Gasteiger partial charge in [0, 0.05) is 31.4 Å². The Kier molecular flexibility index (Phi) is 4.52. The Morgan fingerprint density at radius 3 is 2.74 bits per heavy atom. The van der Waals surface area contributed by atoms with Crippen molar-refractivity contribution >= 4 is 17.5 Å². The van der Waals surface area contributed by atoms with E-state index in [1.165, 1.54) is 0 Å². The summed E-state index contributed by atoms with van der Waals surface area (Å²) in [4.78, 5) is 28.2. The van der Waals surface area contributed by atoms with Gasteiger partial charge in [-0.3, -0.25) is 9.59 Å². The molecule has 3 fully saturated rings. The Labute approximate surface area is 159 Å². The third-order valence-corrected chi connectivity index (χ3v) is 6.00. The first-order valence-electron chi connectivity index (χ1n) is 9.46. The topological polar surface area (TPSA) is 72.9 Å². The molecule has 0 spiro atoms. The van der Waals surface area contributed by atoms with Gasteiger partial charge in [-0.25, -0.2) is 0 Å². The first-order chi connectivity index (χ1) is 13.0. The van der Waals surface area contributed by atoms with Crippen molar-refractivity contribution in [3.63, 3.8) is 0 Å². The van der Waals surface area contributed by atoms with Crippen LogP contribution in [0.4, 0.5) is 5.69 Å². The second-order valence-electron chi connectivity index (χ2n) is 7.55. The monoisotopic (exact) mass is 367 g/mol. The summed E-state index contributed by atoms with van der Waals surface area (Å²) in [7, 11) is 1.87. The standard InChI is InChI=1S/C21H25N3O3/c1-3-13(11-15-12-22-18-19(15)23(2)21(18)27)10-14-8-9-24(20(14)26)16-4-6-17(25)7-5-16/h3-7,10,15,18-19,22,25H,8-9,11-12H2,1-2H3/b13-3+,14-10+. The number of nitrogens with zero attached hydrogens (tertiary/aromatic N) is 2. The molecule has 4 rings (SSSR count). The Morgan fingerprint density at radius 2 is 2.04 bits per heavy atom. The Balaban J connectivity index is 1.45. The molecule has 27 heavy (non-hydrogen) atoms. The summed E-state index contributed by atoms with van der Waals surface area (Å²) < 4.78 is 0. The summed E-state index contributed by atoms with van der Waals surface area (Å²) >= 11 is 0. The lowest BCUT2D eigenvalue weighted by Crippen LogP contribution is -2.65. The summed E-state index contributed by atoms with van der Waals surface area (Å²) in [6.07, 6.45) is 5.66. The lowest BCUT2D eigenvalue weighted by Gasteiger charge is -2.43. The molecule has 1 aromatic carbocycles. The molecule has 0 saturated carbocycles. The number of benzene rings is 1. The fourth-order valence-corrected chi connectivity index (χ4v) is 4.46. The van der Waals surface area contributed by atoms with Crippen LogP contribution in [0.3, 0.4) is 0 Å². The van der Waals surface area contributed by atoms with Crippen molar-refractivity contribution in [2.45, 2.75) is 31.8 Å². The minimum absolute atomic E-state index is 0.0242. The Morgan fingerprint density at radius 1 is 1.30 bits per heavy atom. The van der Waals surface area contributed by atoms with E-state index in [2.05, 4.69) is 11.4 Å². The van der Waals surface area contributed by atoms with Crippen molar-refractivity contribution in [3.8, 4) is 5.75 Å². The van der Waals surface area contributed by atoms with Gasteiger partial charge >= 0.3 is 0 Å². The number of hydrogen-bond donors (Lipinski definition) is 2. The number of β-lactam (4-membered cyclic amide) rings is 1. The van der Waals surface area contributed by atoms with E-state index < -0.39 is 0 Å². The normalized spacial score (nSPS) is 29.5. The molecule has 3 saturated heterocycles. The van der Waals surface area contributed by atoms with Crippen LogP contribution in [-0.2, 0) is 9.59 Å². The number of phenolic OH excluding ortho intramolecular Hbond substituents is 1. The van der Waals surface area contributed by atoms with E-state index in [0.717, 1.165) is 29.8 Å². The van der Waals surface area contributed by atoms with Crippen molar-refractivity contribution in [1.29, 1.82) is 0 Å². The molecule has 6 nitrogen and oxygen atoms in total. The van der Waals surface area contributed by atoms with Crippen molar-refractivity contribution in [3.05, 3.63) is 47.6 Å². The molecule has 0 radical (unpaired) electrons. The summed E-state index contributed by atoms with van der Waals surface area (Å²) in [5, 5.41) is 12.7. The molecule has 2 amide bonds. The zero-order chi connectivity index (χ0) is 19.1. The highest BCUT2D eigenvalue weighted by molar-refractivity contribution is 6.08. The van der Waals surface area contributed by atoms with Crippen LogP contribution in [0.2, 0.25) is 0 Å². The van der Waals surface area contributed by atoms with Crippen LogP contribution in [0.1, 0.15) is 19.8 Å². The van der Waals surface area contributed by atoms with Crippen LogP contribution >= 0.6 is 0 Å². The summed E-state index contributed by atoms with van der Waals surface area (Å²) in [5.41, 5.74) is 2.77. The van der Waals surface area contributed by atoms with Crippen LogP contribution in [0.5, 0.6) is 5.75 Å². The number of allylic oxidation sites excluding steroid dienone is 3. The first-order valence-corrected chi connectivity index (χ1v) is 9.46. The van der Waals surface area contributed by atoms with Gasteiger partial charge in [-0.1, -0.05) is 17.7 Å². The van der Waals surface area contributed by atoms with Crippen LogP contribution in [0, 0.1) is 5.92 Å². The predicted octanol–water partition coefficient (Wildman–Crippen LogP) is 1.82. The van der Waals surface area contributed by atoms with Crippen molar-refractivity contribution < 1.29 is 14.7 Å². The maximum Gasteiger partial charge on any atom is 0.254 e. The van der Waals surface area contributed by atoms with E-state index in [1.807, 2.05) is 24.9 Å². The molecule has 1 aromatic rings. The van der Waals surface area contributed by atoms with Gasteiger partial charge < -0.3 is 20.2 Å². The van der Waals surface area contributed by atoms with Crippen LogP contribution in [0.15, 0.2) is 47.6 Å². The third-order valence-electron chi connectivity index (χ3n) is 6.00. The van der Waals surface area contributed by atoms with E-state index >= 15 is 0 Å². The van der Waals surface area contributed by atoms with E-state index in [1.54, 1.807) is 29.2 Å². The molecule has 3 aliphatic rings. The van der Waals surface area contributed by atoms with Gasteiger partial charge in [0.25, 0.3) is 5.91 Å². The van der Waals surface area contributed by atoms with Crippen LogP contribution < -0.4 is 10.2 Å². The lowest BCUT2D eigenvalue weighted by molar-refractivity contribution is -0.147. The highest BCUT2D eigenvalue weighted by Gasteiger charge is 2.52. The number of carbonyl (C=O) groups excluding carboxylic acids is 2. The van der Waals surface area contributed by atoms with E-state index in [9.17, 15) is 14.7 Å². The van der Waals surface area contributed by atoms with Gasteiger partial charge in [0.2, 0.25) is 5.91 Å². The number of nitrogens with one attached hydrogen (secondary N) is 1. The number of hydrogen-bond acceptors (Lipinski definition) is 4.